The van der Waals surface area contributed by atoms with Crippen LogP contribution < -0.4 is 0 Å². The molecule has 0 saturated heterocycles. The molecular weight excluding hydrogens is 307 g/mol. The van der Waals surface area contributed by atoms with Gasteiger partial charge in [-0.3, -0.25) is 0 Å². The molecule has 0 unspecified atom stereocenters. The standard InChI is InChI=1S/C16H8F3N3O/c1-10-13(9-22)14(11(7-20)8-21)23-15(10,16(17,18)19)12-5-3-2-4-6-12/h2-6H,1H3/t15-/m0/s1. The van der Waals surface area contributed by atoms with Crippen molar-refractivity contribution in [1.29, 1.82) is 15.8 Å². The first-order valence-electron chi connectivity index (χ1n) is 6.31. The summed E-state index contributed by atoms with van der Waals surface area (Å²) in [6.45, 7) is 1.11. The molecule has 1 aliphatic rings. The summed E-state index contributed by atoms with van der Waals surface area (Å²) in [6, 6.07) is 11.3. The third-order valence-electron chi connectivity index (χ3n) is 3.53. The molecule has 0 aliphatic carbocycles. The van der Waals surface area contributed by atoms with Crippen molar-refractivity contribution in [2.24, 2.45) is 0 Å². The van der Waals surface area contributed by atoms with Gasteiger partial charge in [-0.1, -0.05) is 30.3 Å². The Hall–Kier alpha value is -3.24. The number of ether oxygens (including phenoxy) is 1. The van der Waals surface area contributed by atoms with Crippen LogP contribution in [0.4, 0.5) is 13.2 Å². The van der Waals surface area contributed by atoms with Gasteiger partial charge in [0.1, 0.15) is 18.2 Å². The molecular formula is C16H8F3N3O. The van der Waals surface area contributed by atoms with Crippen LogP contribution in [0.1, 0.15) is 12.5 Å². The molecule has 0 amide bonds. The summed E-state index contributed by atoms with van der Waals surface area (Å²) in [6.07, 6.45) is -4.89. The molecule has 0 fully saturated rings. The van der Waals surface area contributed by atoms with Crippen LogP contribution in [0.25, 0.3) is 0 Å². The molecule has 0 spiro atoms. The third-order valence-corrected chi connectivity index (χ3v) is 3.53. The summed E-state index contributed by atoms with van der Waals surface area (Å²) < 4.78 is 46.6. The minimum absolute atomic E-state index is 0.233. The number of alkyl halides is 3. The number of benzene rings is 1. The zero-order valence-corrected chi connectivity index (χ0v) is 11.8. The van der Waals surface area contributed by atoms with Gasteiger partial charge < -0.3 is 4.74 Å². The van der Waals surface area contributed by atoms with Crippen LogP contribution in [0.2, 0.25) is 0 Å². The van der Waals surface area contributed by atoms with Gasteiger partial charge in [0.05, 0.1) is 5.57 Å². The second kappa shape index (κ2) is 5.51. The number of nitrogens with zero attached hydrogens (tertiary/aromatic N) is 3. The van der Waals surface area contributed by atoms with Crippen molar-refractivity contribution in [2.75, 3.05) is 0 Å². The predicted octanol–water partition coefficient (Wildman–Crippen LogP) is 3.62. The van der Waals surface area contributed by atoms with Crippen molar-refractivity contribution in [1.82, 2.24) is 0 Å². The molecule has 0 radical (unpaired) electrons. The van der Waals surface area contributed by atoms with Gasteiger partial charge in [-0.25, -0.2) is 0 Å². The second-order valence-corrected chi connectivity index (χ2v) is 4.69. The summed E-state index contributed by atoms with van der Waals surface area (Å²) in [5, 5.41) is 27.0. The van der Waals surface area contributed by atoms with Gasteiger partial charge in [0.2, 0.25) is 0 Å². The lowest BCUT2D eigenvalue weighted by Gasteiger charge is -2.33. The number of nitriles is 3. The highest BCUT2D eigenvalue weighted by Crippen LogP contribution is 2.54. The number of hydrogen-bond acceptors (Lipinski definition) is 4. The van der Waals surface area contributed by atoms with Crippen molar-refractivity contribution in [3.8, 4) is 18.2 Å². The van der Waals surface area contributed by atoms with Crippen LogP contribution in [0.15, 0.2) is 52.8 Å². The Morgan fingerprint density at radius 3 is 2.09 bits per heavy atom. The van der Waals surface area contributed by atoms with Gasteiger partial charge in [-0.2, -0.15) is 29.0 Å². The Bertz CT molecular complexity index is 817. The summed E-state index contributed by atoms with van der Waals surface area (Å²) in [5.74, 6) is -0.642. The highest BCUT2D eigenvalue weighted by molar-refractivity contribution is 5.59. The lowest BCUT2D eigenvalue weighted by atomic mass is 9.85. The first-order chi connectivity index (χ1) is 10.8. The van der Waals surface area contributed by atoms with Crippen molar-refractivity contribution >= 4 is 0 Å². The Morgan fingerprint density at radius 1 is 1.09 bits per heavy atom. The first-order valence-corrected chi connectivity index (χ1v) is 6.31. The molecule has 1 atom stereocenters. The molecule has 4 nitrogen and oxygen atoms in total. The summed E-state index contributed by atoms with van der Waals surface area (Å²) >= 11 is 0. The molecule has 0 aromatic heterocycles. The second-order valence-electron chi connectivity index (χ2n) is 4.69. The molecule has 0 saturated carbocycles. The zero-order valence-electron chi connectivity index (χ0n) is 11.8. The Morgan fingerprint density at radius 2 is 1.65 bits per heavy atom. The van der Waals surface area contributed by atoms with Crippen LogP contribution in [0, 0.1) is 34.0 Å². The van der Waals surface area contributed by atoms with E-state index < -0.39 is 34.3 Å². The fraction of sp³-hybridized carbons (Fsp3) is 0.188. The minimum atomic E-state index is -4.89. The van der Waals surface area contributed by atoms with Gasteiger partial charge in [0.15, 0.2) is 11.3 Å². The van der Waals surface area contributed by atoms with Crippen molar-refractivity contribution < 1.29 is 17.9 Å². The average Bonchev–Trinajstić information content (AvgIpc) is 2.83. The van der Waals surface area contributed by atoms with Crippen LogP contribution in [-0.2, 0) is 10.3 Å². The van der Waals surface area contributed by atoms with Crippen LogP contribution in [0.5, 0.6) is 0 Å². The van der Waals surface area contributed by atoms with E-state index in [1.165, 1.54) is 36.4 Å². The van der Waals surface area contributed by atoms with Crippen molar-refractivity contribution in [2.45, 2.75) is 18.7 Å². The maximum Gasteiger partial charge on any atom is 0.436 e. The maximum absolute atomic E-state index is 13.8. The smallest absolute Gasteiger partial charge is 0.436 e. The van der Waals surface area contributed by atoms with E-state index in [0.717, 1.165) is 6.92 Å². The van der Waals surface area contributed by atoms with Crippen LogP contribution >= 0.6 is 0 Å². The molecule has 1 aromatic rings. The molecule has 1 aromatic carbocycles. The lowest BCUT2D eigenvalue weighted by Crippen LogP contribution is -2.43. The van der Waals surface area contributed by atoms with E-state index in [4.69, 9.17) is 15.3 Å². The molecule has 2 rings (SSSR count). The molecule has 114 valence electrons. The van der Waals surface area contributed by atoms with Crippen molar-refractivity contribution in [3.63, 3.8) is 0 Å². The van der Waals surface area contributed by atoms with Crippen LogP contribution in [0.3, 0.4) is 0 Å². The van der Waals surface area contributed by atoms with E-state index >= 15 is 0 Å². The summed E-state index contributed by atoms with van der Waals surface area (Å²) in [7, 11) is 0. The van der Waals surface area contributed by atoms with E-state index in [-0.39, 0.29) is 5.56 Å². The Kier molecular flexibility index (Phi) is 3.87. The fourth-order valence-corrected chi connectivity index (χ4v) is 2.45. The lowest BCUT2D eigenvalue weighted by molar-refractivity contribution is -0.250. The number of allylic oxidation sites excluding steroid dienone is 2. The molecule has 1 aliphatic heterocycles. The quantitative estimate of drug-likeness (QED) is 0.741. The molecule has 23 heavy (non-hydrogen) atoms. The van der Waals surface area contributed by atoms with E-state index in [0.29, 0.717) is 0 Å². The monoisotopic (exact) mass is 315 g/mol. The van der Waals surface area contributed by atoms with E-state index in [9.17, 15) is 18.4 Å². The third kappa shape index (κ3) is 2.22. The topological polar surface area (TPSA) is 80.6 Å². The van der Waals surface area contributed by atoms with Gasteiger partial charge in [-0.15, -0.1) is 0 Å². The van der Waals surface area contributed by atoms with Crippen molar-refractivity contribution in [3.05, 3.63) is 58.4 Å². The highest BCUT2D eigenvalue weighted by atomic mass is 19.4. The molecule has 1 heterocycles. The minimum Gasteiger partial charge on any atom is -0.465 e. The number of rotatable bonds is 1. The Balaban J connectivity index is 2.87. The Labute approximate surface area is 129 Å². The van der Waals surface area contributed by atoms with Gasteiger partial charge in [0, 0.05) is 11.1 Å². The fourth-order valence-electron chi connectivity index (χ4n) is 2.45. The molecule has 0 bridgehead atoms. The molecule has 7 heteroatoms. The number of halogens is 3. The average molecular weight is 315 g/mol. The SMILES string of the molecule is CC1=C(C#N)C(=C(C#N)C#N)O[C@@]1(c1ccccc1)C(F)(F)F. The summed E-state index contributed by atoms with van der Waals surface area (Å²) in [4.78, 5) is 0. The number of hydrogen-bond donors (Lipinski definition) is 0. The van der Waals surface area contributed by atoms with E-state index in [1.807, 2.05) is 0 Å². The molecule has 0 N–H and O–H groups in total. The first kappa shape index (κ1) is 16.1. The van der Waals surface area contributed by atoms with Crippen LogP contribution in [-0.4, -0.2) is 6.18 Å². The van der Waals surface area contributed by atoms with Gasteiger partial charge in [0.25, 0.3) is 5.60 Å². The predicted molar refractivity (Wildman–Crippen MR) is 71.8 cm³/mol. The zero-order chi connectivity index (χ0) is 17.3. The van der Waals surface area contributed by atoms with Gasteiger partial charge in [-0.05, 0) is 6.92 Å². The highest BCUT2D eigenvalue weighted by Gasteiger charge is 2.64. The van der Waals surface area contributed by atoms with E-state index in [2.05, 4.69) is 0 Å². The maximum atomic E-state index is 13.8. The van der Waals surface area contributed by atoms with E-state index in [1.54, 1.807) is 12.1 Å². The van der Waals surface area contributed by atoms with Gasteiger partial charge >= 0.3 is 6.18 Å². The largest absolute Gasteiger partial charge is 0.465 e. The summed E-state index contributed by atoms with van der Waals surface area (Å²) in [5.41, 5.74) is -4.67. The normalized spacial score (nSPS) is 20.3.